The van der Waals surface area contributed by atoms with E-state index in [4.69, 9.17) is 14.6 Å². The van der Waals surface area contributed by atoms with E-state index in [-0.39, 0.29) is 28.9 Å². The molecule has 1 saturated carbocycles. The third-order valence-electron chi connectivity index (χ3n) is 7.70. The van der Waals surface area contributed by atoms with Gasteiger partial charge in [-0.2, -0.15) is 13.2 Å². The first-order valence-corrected chi connectivity index (χ1v) is 15.5. The number of primary sulfonamides is 1. The minimum atomic E-state index is -4.43. The number of hydrogen-bond donors (Lipinski definition) is 3. The molecule has 0 atom stereocenters. The predicted molar refractivity (Wildman–Crippen MR) is 162 cm³/mol. The molecular weight excluding hydrogens is 583 g/mol. The highest BCUT2D eigenvalue weighted by Crippen LogP contribution is 2.33. The Balaban J connectivity index is 1.52. The molecule has 1 aliphatic rings. The monoisotopic (exact) mass is 621 g/mol. The van der Waals surface area contributed by atoms with Crippen molar-refractivity contribution in [1.82, 2.24) is 9.47 Å². The van der Waals surface area contributed by atoms with Crippen LogP contribution in [0, 0.1) is 11.8 Å². The molecule has 0 aliphatic heterocycles. The fourth-order valence-corrected chi connectivity index (χ4v) is 5.96. The highest BCUT2D eigenvalue weighted by atomic mass is 32.2. The van der Waals surface area contributed by atoms with Crippen LogP contribution >= 0.6 is 0 Å². The van der Waals surface area contributed by atoms with Crippen LogP contribution in [0.4, 0.5) is 24.5 Å². The molecule has 13 heteroatoms. The number of hydrogen-bond acceptors (Lipinski definition) is 7. The van der Waals surface area contributed by atoms with Crippen molar-refractivity contribution < 1.29 is 31.1 Å². The number of likely N-dealkylation sites (N-methyl/N-ethyl adjacent to an activating group) is 1. The maximum Gasteiger partial charge on any atom is 0.406 e. The number of alkyl halides is 3. The van der Waals surface area contributed by atoms with Crippen molar-refractivity contribution in [2.45, 2.75) is 55.4 Å². The van der Waals surface area contributed by atoms with E-state index in [0.29, 0.717) is 29.2 Å². The first-order valence-electron chi connectivity index (χ1n) is 14.0. The molecule has 4 rings (SSSR count). The smallest absolute Gasteiger partial charge is 0.406 e. The van der Waals surface area contributed by atoms with E-state index in [1.165, 1.54) is 29.9 Å². The average molecular weight is 622 g/mol. The maximum absolute atomic E-state index is 13.6. The summed E-state index contributed by atoms with van der Waals surface area (Å²) in [5, 5.41) is 12.5. The minimum absolute atomic E-state index is 0.0752. The van der Waals surface area contributed by atoms with Gasteiger partial charge in [0.15, 0.2) is 0 Å². The lowest BCUT2D eigenvalue weighted by molar-refractivity contribution is -0.140. The van der Waals surface area contributed by atoms with E-state index in [1.807, 2.05) is 6.07 Å². The molecule has 9 nitrogen and oxygen atoms in total. The summed E-state index contributed by atoms with van der Waals surface area (Å²) in [7, 11) is 1.28. The van der Waals surface area contributed by atoms with Crippen LogP contribution in [0.1, 0.15) is 31.4 Å². The molecule has 2 aromatic carbocycles. The van der Waals surface area contributed by atoms with E-state index in [1.54, 1.807) is 25.3 Å². The van der Waals surface area contributed by atoms with Gasteiger partial charge in [0.2, 0.25) is 10.0 Å². The number of halogens is 3. The molecule has 1 heterocycles. The number of methoxy groups -OCH3 is 2. The van der Waals surface area contributed by atoms with Crippen LogP contribution < -0.4 is 20.5 Å². The van der Waals surface area contributed by atoms with Gasteiger partial charge in [-0.25, -0.2) is 13.6 Å². The molecule has 0 amide bonds. The number of aromatic nitrogens is 1. The molecule has 0 spiro atoms. The Labute approximate surface area is 250 Å². The third kappa shape index (κ3) is 8.57. The first-order chi connectivity index (χ1) is 20.4. The highest BCUT2D eigenvalue weighted by molar-refractivity contribution is 7.89. The Morgan fingerprint density at radius 1 is 1.09 bits per heavy atom. The van der Waals surface area contributed by atoms with E-state index in [9.17, 15) is 21.6 Å². The van der Waals surface area contributed by atoms with Crippen molar-refractivity contribution in [3.63, 3.8) is 0 Å². The van der Waals surface area contributed by atoms with Gasteiger partial charge in [0.1, 0.15) is 12.3 Å². The third-order valence-corrected chi connectivity index (χ3v) is 8.61. The van der Waals surface area contributed by atoms with Crippen molar-refractivity contribution in [2.75, 3.05) is 51.6 Å². The lowest BCUT2D eigenvalue weighted by Crippen LogP contribution is -2.39. The number of sulfonamides is 1. The van der Waals surface area contributed by atoms with Crippen LogP contribution in [0.15, 0.2) is 47.4 Å². The average Bonchev–Trinajstić information content (AvgIpc) is 3.30. The molecule has 0 saturated heterocycles. The largest absolute Gasteiger partial charge is 0.495 e. The van der Waals surface area contributed by atoms with Gasteiger partial charge in [-0.15, -0.1) is 0 Å². The molecule has 234 valence electrons. The zero-order valence-electron chi connectivity index (χ0n) is 24.5. The van der Waals surface area contributed by atoms with Gasteiger partial charge in [0.25, 0.3) is 0 Å². The van der Waals surface area contributed by atoms with Crippen molar-refractivity contribution in [3.8, 4) is 17.6 Å². The van der Waals surface area contributed by atoms with Crippen LogP contribution in [0.25, 0.3) is 10.9 Å². The second-order valence-electron chi connectivity index (χ2n) is 10.7. The van der Waals surface area contributed by atoms with Gasteiger partial charge in [0.05, 0.1) is 42.1 Å². The molecule has 1 aliphatic carbocycles. The fraction of sp³-hybridized carbons (Fsp3) is 0.467. The molecule has 1 aromatic heterocycles. The number of nitrogens with two attached hydrogens (primary N) is 1. The van der Waals surface area contributed by atoms with Crippen LogP contribution in [0.3, 0.4) is 0 Å². The second kappa shape index (κ2) is 13.9. The summed E-state index contributed by atoms with van der Waals surface area (Å²) in [4.78, 5) is 2.22. The maximum atomic E-state index is 13.6. The molecule has 0 bridgehead atoms. The van der Waals surface area contributed by atoms with Gasteiger partial charge < -0.3 is 29.6 Å². The summed E-state index contributed by atoms with van der Waals surface area (Å²) < 4.78 is 75.7. The topological polar surface area (TPSA) is 111 Å². The Morgan fingerprint density at radius 2 is 1.84 bits per heavy atom. The lowest BCUT2D eigenvalue weighted by atomic mass is 9.90. The number of nitrogens with zero attached hydrogens (tertiary/aromatic N) is 2. The highest BCUT2D eigenvalue weighted by Gasteiger charge is 2.30. The second-order valence-corrected chi connectivity index (χ2v) is 12.2. The van der Waals surface area contributed by atoms with Gasteiger partial charge in [-0.3, -0.25) is 0 Å². The van der Waals surface area contributed by atoms with Crippen molar-refractivity contribution in [3.05, 3.63) is 48.2 Å². The van der Waals surface area contributed by atoms with Crippen molar-refractivity contribution in [1.29, 1.82) is 0 Å². The van der Waals surface area contributed by atoms with E-state index >= 15 is 0 Å². The zero-order chi connectivity index (χ0) is 31.2. The predicted octanol–water partition coefficient (Wildman–Crippen LogP) is 4.62. The van der Waals surface area contributed by atoms with E-state index in [2.05, 4.69) is 34.4 Å². The Morgan fingerprint density at radius 3 is 2.49 bits per heavy atom. The Hall–Kier alpha value is -3.44. The van der Waals surface area contributed by atoms with Crippen LogP contribution in [-0.4, -0.2) is 77.1 Å². The summed E-state index contributed by atoms with van der Waals surface area (Å²) in [6.07, 6.45) is -0.455. The Bertz CT molecular complexity index is 1570. The molecule has 43 heavy (non-hydrogen) atoms. The Kier molecular flexibility index (Phi) is 10.5. The van der Waals surface area contributed by atoms with Gasteiger partial charge in [-0.1, -0.05) is 12.0 Å². The van der Waals surface area contributed by atoms with E-state index in [0.717, 1.165) is 37.9 Å². The number of rotatable bonds is 11. The number of benzene rings is 2. The summed E-state index contributed by atoms with van der Waals surface area (Å²) in [5.41, 5.74) is 1.94. The summed E-state index contributed by atoms with van der Waals surface area (Å²) in [5.74, 6) is 6.01. The number of ether oxygens (including phenoxy) is 2. The standard InChI is InChI=1S/C30H38F3N5O4S/c1-37(16-17-41-2)22-11-9-21(10-12-22)36-26-7-4-8-28-25(26)18-23(38(28)20-30(31,32)33)6-5-15-35-27-14-13-24(43(34,39)40)19-29(27)42-3/h4,7-8,13-14,18-19,21-22,35-36H,9-12,15-17,20H2,1-3H3,(H2,34,39,40). The van der Waals surface area contributed by atoms with Crippen molar-refractivity contribution in [2.24, 2.45) is 5.14 Å². The minimum Gasteiger partial charge on any atom is -0.495 e. The summed E-state index contributed by atoms with van der Waals surface area (Å²) in [6.45, 7) is 0.476. The molecular formula is C30H38F3N5O4S. The summed E-state index contributed by atoms with van der Waals surface area (Å²) in [6, 6.07) is 11.8. The number of anilines is 2. The fourth-order valence-electron chi connectivity index (χ4n) is 5.43. The molecule has 0 radical (unpaired) electrons. The summed E-state index contributed by atoms with van der Waals surface area (Å²) >= 11 is 0. The SMILES string of the molecule is COCCN(C)C1CCC(Nc2cccc3c2cc(C#CCNc2ccc(S(N)(=O)=O)cc2OC)n3CC(F)(F)F)CC1. The normalized spacial score (nSPS) is 17.5. The van der Waals surface area contributed by atoms with Crippen LogP contribution in [0.5, 0.6) is 5.75 Å². The van der Waals surface area contributed by atoms with Crippen LogP contribution in [-0.2, 0) is 21.3 Å². The van der Waals surface area contributed by atoms with Crippen molar-refractivity contribution >= 4 is 32.3 Å². The van der Waals surface area contributed by atoms with Gasteiger partial charge in [0, 0.05) is 42.9 Å². The van der Waals surface area contributed by atoms with Gasteiger partial charge in [-0.05, 0) is 69.0 Å². The van der Waals surface area contributed by atoms with E-state index < -0.39 is 22.7 Å². The molecule has 3 aromatic rings. The molecule has 1 fully saturated rings. The van der Waals surface area contributed by atoms with Gasteiger partial charge >= 0.3 is 6.18 Å². The molecule has 4 N–H and O–H groups in total. The lowest BCUT2D eigenvalue weighted by Gasteiger charge is -2.35. The number of fused-ring (bicyclic) bond motifs is 1. The quantitative estimate of drug-likeness (QED) is 0.268. The van der Waals surface area contributed by atoms with Crippen LogP contribution in [0.2, 0.25) is 0 Å². The number of nitrogens with one attached hydrogen (secondary N) is 2. The zero-order valence-corrected chi connectivity index (χ0v) is 25.3. The first kappa shape index (κ1) is 32.5. The molecule has 0 unspecified atom stereocenters.